The number of hydrogen-bond donors (Lipinski definition) is 1. The molecule has 0 spiro atoms. The highest BCUT2D eigenvalue weighted by Gasteiger charge is 2.19. The zero-order valence-corrected chi connectivity index (χ0v) is 13.4. The van der Waals surface area contributed by atoms with E-state index < -0.39 is 10.0 Å². The third-order valence-corrected chi connectivity index (χ3v) is 4.46. The van der Waals surface area contributed by atoms with E-state index in [2.05, 4.69) is 5.32 Å². The molecule has 0 bridgehead atoms. The van der Waals surface area contributed by atoms with Crippen LogP contribution in [0.2, 0.25) is 5.02 Å². The van der Waals surface area contributed by atoms with Crippen LogP contribution < -0.4 is 9.62 Å². The van der Waals surface area contributed by atoms with Crippen molar-refractivity contribution < 1.29 is 13.2 Å². The lowest BCUT2D eigenvalue weighted by atomic mass is 10.2. The molecule has 0 aliphatic carbocycles. The summed E-state index contributed by atoms with van der Waals surface area (Å²) >= 11 is 6.02. The average molecular weight is 319 g/mol. The van der Waals surface area contributed by atoms with Crippen molar-refractivity contribution in [1.82, 2.24) is 5.32 Å². The lowest BCUT2D eigenvalue weighted by Crippen LogP contribution is -2.38. The van der Waals surface area contributed by atoms with Crippen LogP contribution in [0.5, 0.6) is 0 Å². The molecule has 0 saturated carbocycles. The van der Waals surface area contributed by atoms with E-state index in [4.69, 9.17) is 11.6 Å². The molecular formula is C13H19ClN2O3S. The molecule has 0 saturated heterocycles. The molecule has 112 valence electrons. The number of anilines is 1. The number of hydrogen-bond acceptors (Lipinski definition) is 3. The minimum absolute atomic E-state index is 0.110. The van der Waals surface area contributed by atoms with Gasteiger partial charge in [0, 0.05) is 18.0 Å². The molecule has 0 aliphatic rings. The molecular weight excluding hydrogens is 300 g/mol. The fourth-order valence-corrected chi connectivity index (χ4v) is 2.90. The molecule has 1 N–H and O–H groups in total. The summed E-state index contributed by atoms with van der Waals surface area (Å²) in [7, 11) is -3.44. The Kier molecular flexibility index (Phi) is 5.83. The highest BCUT2D eigenvalue weighted by atomic mass is 35.5. The van der Waals surface area contributed by atoms with Gasteiger partial charge in [-0.3, -0.25) is 9.10 Å². The Bertz CT molecular complexity index is 587. The molecule has 0 atom stereocenters. The van der Waals surface area contributed by atoms with Crippen LogP contribution in [-0.4, -0.2) is 33.7 Å². The third-order valence-electron chi connectivity index (χ3n) is 2.87. The van der Waals surface area contributed by atoms with Crippen molar-refractivity contribution in [2.24, 2.45) is 0 Å². The number of nitrogens with one attached hydrogen (secondary N) is 1. The zero-order chi connectivity index (χ0) is 15.3. The molecule has 1 rings (SSSR count). The zero-order valence-electron chi connectivity index (χ0n) is 11.8. The molecule has 0 heterocycles. The lowest BCUT2D eigenvalue weighted by molar-refractivity contribution is -0.120. The summed E-state index contributed by atoms with van der Waals surface area (Å²) in [6.07, 6.45) is 1.50. The van der Waals surface area contributed by atoms with E-state index >= 15 is 0 Å². The number of benzene rings is 1. The van der Waals surface area contributed by atoms with Gasteiger partial charge in [0.15, 0.2) is 0 Å². The van der Waals surface area contributed by atoms with E-state index in [1.165, 1.54) is 4.31 Å². The molecule has 7 heteroatoms. The topological polar surface area (TPSA) is 66.5 Å². The number of carbonyl (C=O) groups excluding carboxylic acids is 1. The van der Waals surface area contributed by atoms with Crippen LogP contribution >= 0.6 is 11.6 Å². The second kappa shape index (κ2) is 6.95. The van der Waals surface area contributed by atoms with Gasteiger partial charge in [-0.15, -0.1) is 0 Å². The molecule has 20 heavy (non-hydrogen) atoms. The van der Waals surface area contributed by atoms with Crippen LogP contribution in [-0.2, 0) is 14.8 Å². The normalized spacial score (nSPS) is 11.2. The van der Waals surface area contributed by atoms with Gasteiger partial charge in [-0.25, -0.2) is 8.42 Å². The lowest BCUT2D eigenvalue weighted by Gasteiger charge is -2.24. The van der Waals surface area contributed by atoms with Crippen molar-refractivity contribution in [3.05, 3.63) is 28.8 Å². The minimum atomic E-state index is -3.44. The van der Waals surface area contributed by atoms with Crippen LogP contribution in [0.4, 0.5) is 5.69 Å². The van der Waals surface area contributed by atoms with E-state index in [9.17, 15) is 13.2 Å². The number of sulfonamides is 1. The van der Waals surface area contributed by atoms with Gasteiger partial charge in [-0.05, 0) is 24.6 Å². The van der Waals surface area contributed by atoms with E-state index in [1.807, 2.05) is 0 Å². The quantitative estimate of drug-likeness (QED) is 0.871. The van der Waals surface area contributed by atoms with Gasteiger partial charge in [-0.1, -0.05) is 24.6 Å². The van der Waals surface area contributed by atoms with Gasteiger partial charge < -0.3 is 5.32 Å². The van der Waals surface area contributed by atoms with Gasteiger partial charge in [0.25, 0.3) is 0 Å². The van der Waals surface area contributed by atoms with Crippen molar-refractivity contribution in [2.45, 2.75) is 20.3 Å². The van der Waals surface area contributed by atoms with Crippen molar-refractivity contribution in [1.29, 1.82) is 0 Å². The summed E-state index contributed by atoms with van der Waals surface area (Å²) < 4.78 is 25.1. The third kappa shape index (κ3) is 4.38. The predicted octanol–water partition coefficient (Wildman–Crippen LogP) is 1.94. The summed E-state index contributed by atoms with van der Waals surface area (Å²) in [4.78, 5) is 11.2. The van der Waals surface area contributed by atoms with Crippen molar-refractivity contribution >= 4 is 33.2 Å². The SMILES string of the molecule is CCC(=O)NCCN(c1cccc(Cl)c1C)S(C)(=O)=O. The highest BCUT2D eigenvalue weighted by molar-refractivity contribution is 7.92. The predicted molar refractivity (Wildman–Crippen MR) is 81.7 cm³/mol. The Morgan fingerprint density at radius 1 is 1.40 bits per heavy atom. The number of halogens is 1. The van der Waals surface area contributed by atoms with E-state index in [0.29, 0.717) is 22.7 Å². The summed E-state index contributed by atoms with van der Waals surface area (Å²) in [5.41, 5.74) is 1.23. The summed E-state index contributed by atoms with van der Waals surface area (Å²) in [6.45, 7) is 3.93. The van der Waals surface area contributed by atoms with Crippen LogP contribution in [0.1, 0.15) is 18.9 Å². The molecule has 0 radical (unpaired) electrons. The van der Waals surface area contributed by atoms with Gasteiger partial charge in [0.05, 0.1) is 18.5 Å². The van der Waals surface area contributed by atoms with Crippen molar-refractivity contribution in [3.8, 4) is 0 Å². The Morgan fingerprint density at radius 2 is 2.05 bits per heavy atom. The smallest absolute Gasteiger partial charge is 0.232 e. The first-order valence-electron chi connectivity index (χ1n) is 6.27. The van der Waals surface area contributed by atoms with Crippen molar-refractivity contribution in [2.75, 3.05) is 23.7 Å². The second-order valence-electron chi connectivity index (χ2n) is 4.42. The molecule has 1 amide bonds. The Labute approximate surface area is 125 Å². The number of rotatable bonds is 6. The molecule has 0 fully saturated rings. The maximum atomic E-state index is 11.9. The second-order valence-corrected chi connectivity index (χ2v) is 6.74. The fourth-order valence-electron chi connectivity index (χ4n) is 1.75. The minimum Gasteiger partial charge on any atom is -0.354 e. The number of carbonyl (C=O) groups is 1. The number of nitrogens with zero attached hydrogens (tertiary/aromatic N) is 1. The van der Waals surface area contributed by atoms with Crippen LogP contribution in [0.25, 0.3) is 0 Å². The molecule has 0 unspecified atom stereocenters. The highest BCUT2D eigenvalue weighted by Crippen LogP contribution is 2.27. The van der Waals surface area contributed by atoms with Gasteiger partial charge in [-0.2, -0.15) is 0 Å². The van der Waals surface area contributed by atoms with Crippen LogP contribution in [0, 0.1) is 6.92 Å². The standard InChI is InChI=1S/C13H19ClN2O3S/c1-4-13(17)15-8-9-16(20(3,18)19)12-7-5-6-11(14)10(12)2/h5-7H,4,8-9H2,1-3H3,(H,15,17). The first-order chi connectivity index (χ1) is 9.27. The maximum absolute atomic E-state index is 11.9. The Hall–Kier alpha value is -1.27. The largest absolute Gasteiger partial charge is 0.354 e. The maximum Gasteiger partial charge on any atom is 0.232 e. The van der Waals surface area contributed by atoms with Crippen LogP contribution in [0.3, 0.4) is 0 Å². The summed E-state index contributed by atoms with van der Waals surface area (Å²) in [5, 5.41) is 3.17. The first-order valence-corrected chi connectivity index (χ1v) is 8.49. The Morgan fingerprint density at radius 3 is 2.60 bits per heavy atom. The summed E-state index contributed by atoms with van der Waals surface area (Å²) in [6, 6.07) is 5.11. The molecule has 5 nitrogen and oxygen atoms in total. The van der Waals surface area contributed by atoms with Crippen molar-refractivity contribution in [3.63, 3.8) is 0 Å². The fraction of sp³-hybridized carbons (Fsp3) is 0.462. The monoisotopic (exact) mass is 318 g/mol. The molecule has 1 aromatic carbocycles. The molecule has 0 aliphatic heterocycles. The van der Waals surface area contributed by atoms with E-state index in [0.717, 1.165) is 6.26 Å². The molecule has 1 aromatic rings. The average Bonchev–Trinajstić information content (AvgIpc) is 2.37. The van der Waals surface area contributed by atoms with E-state index in [1.54, 1.807) is 32.0 Å². The van der Waals surface area contributed by atoms with Gasteiger partial charge in [0.2, 0.25) is 15.9 Å². The summed E-state index contributed by atoms with van der Waals surface area (Å²) in [5.74, 6) is -0.110. The number of amides is 1. The molecule has 0 aromatic heterocycles. The van der Waals surface area contributed by atoms with Gasteiger partial charge in [0.1, 0.15) is 0 Å². The first kappa shape index (κ1) is 16.8. The van der Waals surface area contributed by atoms with Crippen LogP contribution in [0.15, 0.2) is 18.2 Å². The van der Waals surface area contributed by atoms with Gasteiger partial charge >= 0.3 is 0 Å². The Balaban J connectivity index is 2.97. The van der Waals surface area contributed by atoms with E-state index in [-0.39, 0.29) is 19.0 Å².